The van der Waals surface area contributed by atoms with Gasteiger partial charge in [0.05, 0.1) is 0 Å². The lowest BCUT2D eigenvalue weighted by Crippen LogP contribution is -2.19. The molecule has 4 nitrogen and oxygen atoms in total. The first-order valence-corrected chi connectivity index (χ1v) is 9.13. The molecule has 1 heterocycles. The van der Waals surface area contributed by atoms with Crippen LogP contribution in [-0.4, -0.2) is 11.1 Å². The number of aromatic nitrogens is 1. The lowest BCUT2D eigenvalue weighted by Gasteiger charge is -2.16. The van der Waals surface area contributed by atoms with Crippen molar-refractivity contribution in [2.45, 2.75) is 24.9 Å². The largest absolute Gasteiger partial charge is 0.360 e. The maximum atomic E-state index is 12.8. The molecule has 0 saturated heterocycles. The van der Waals surface area contributed by atoms with Crippen LogP contribution < -0.4 is 5.32 Å². The van der Waals surface area contributed by atoms with Crippen LogP contribution in [0.15, 0.2) is 65.2 Å². The number of nitrogens with zero attached hydrogens (tertiary/aromatic N) is 1. The molecular formula is C20H20N2O2S. The Balaban J connectivity index is 1.77. The summed E-state index contributed by atoms with van der Waals surface area (Å²) in [6, 6.07) is 19.8. The van der Waals surface area contributed by atoms with Gasteiger partial charge in [0.1, 0.15) is 11.0 Å². The van der Waals surface area contributed by atoms with Crippen molar-refractivity contribution < 1.29 is 9.32 Å². The van der Waals surface area contributed by atoms with Crippen molar-refractivity contribution in [1.82, 2.24) is 5.16 Å². The molecule has 1 unspecified atom stereocenters. The third kappa shape index (κ3) is 4.51. The minimum Gasteiger partial charge on any atom is -0.360 e. The van der Waals surface area contributed by atoms with Crippen LogP contribution in [0.25, 0.3) is 0 Å². The van der Waals surface area contributed by atoms with Gasteiger partial charge in [0.15, 0.2) is 5.82 Å². The monoisotopic (exact) mass is 352 g/mol. The van der Waals surface area contributed by atoms with E-state index in [9.17, 15) is 4.79 Å². The van der Waals surface area contributed by atoms with Crippen LogP contribution in [0.5, 0.6) is 0 Å². The number of hydrogen-bond donors (Lipinski definition) is 1. The van der Waals surface area contributed by atoms with Gasteiger partial charge in [-0.2, -0.15) is 0 Å². The van der Waals surface area contributed by atoms with Crippen LogP contribution in [-0.2, 0) is 10.5 Å². The van der Waals surface area contributed by atoms with E-state index in [1.165, 1.54) is 11.1 Å². The molecule has 5 heteroatoms. The van der Waals surface area contributed by atoms with Crippen molar-refractivity contribution in [3.63, 3.8) is 0 Å². The van der Waals surface area contributed by atoms with Crippen LogP contribution in [0, 0.1) is 13.8 Å². The molecule has 0 radical (unpaired) electrons. The molecule has 25 heavy (non-hydrogen) atoms. The van der Waals surface area contributed by atoms with Crippen molar-refractivity contribution in [3.05, 3.63) is 83.1 Å². The molecule has 1 amide bonds. The molecule has 3 aromatic rings. The Kier molecular flexibility index (Phi) is 5.56. The molecular weight excluding hydrogens is 332 g/mol. The highest BCUT2D eigenvalue weighted by molar-refractivity contribution is 7.99. The van der Waals surface area contributed by atoms with Gasteiger partial charge < -0.3 is 9.84 Å². The third-order valence-electron chi connectivity index (χ3n) is 3.89. The molecule has 0 fully saturated rings. The van der Waals surface area contributed by atoms with E-state index < -0.39 is 0 Å². The predicted molar refractivity (Wildman–Crippen MR) is 102 cm³/mol. The van der Waals surface area contributed by atoms with Crippen LogP contribution in [0.2, 0.25) is 0 Å². The van der Waals surface area contributed by atoms with Crippen molar-refractivity contribution in [1.29, 1.82) is 0 Å². The number of thioether (sulfide) groups is 1. The molecule has 0 aliphatic rings. The summed E-state index contributed by atoms with van der Waals surface area (Å²) in [4.78, 5) is 12.8. The fourth-order valence-corrected chi connectivity index (χ4v) is 3.74. The minimum absolute atomic E-state index is 0.0990. The zero-order chi connectivity index (χ0) is 17.6. The van der Waals surface area contributed by atoms with Crippen molar-refractivity contribution in [2.75, 3.05) is 5.32 Å². The van der Waals surface area contributed by atoms with Gasteiger partial charge in [-0.3, -0.25) is 4.79 Å². The normalized spacial score (nSPS) is 11.9. The Labute approximate surface area is 151 Å². The molecule has 3 rings (SSSR count). The summed E-state index contributed by atoms with van der Waals surface area (Å²) in [6.45, 7) is 3.88. The lowest BCUT2D eigenvalue weighted by molar-refractivity contribution is -0.115. The summed E-state index contributed by atoms with van der Waals surface area (Å²) in [7, 11) is 0. The Morgan fingerprint density at radius 3 is 2.52 bits per heavy atom. The van der Waals surface area contributed by atoms with Gasteiger partial charge in [-0.15, -0.1) is 11.8 Å². The topological polar surface area (TPSA) is 55.1 Å². The maximum absolute atomic E-state index is 12.8. The molecule has 0 aliphatic carbocycles. The number of amides is 1. The molecule has 128 valence electrons. The second kappa shape index (κ2) is 8.03. The van der Waals surface area contributed by atoms with E-state index in [0.717, 1.165) is 11.3 Å². The zero-order valence-corrected chi connectivity index (χ0v) is 15.0. The number of anilines is 1. The summed E-state index contributed by atoms with van der Waals surface area (Å²) < 4.78 is 5.02. The SMILES string of the molecule is Cc1cc(NC(=O)C(SCc2ccccc2C)c2ccccc2)no1. The molecule has 0 bridgehead atoms. The Morgan fingerprint density at radius 1 is 1.12 bits per heavy atom. The van der Waals surface area contributed by atoms with Gasteiger partial charge >= 0.3 is 0 Å². The number of aryl methyl sites for hydroxylation is 2. The van der Waals surface area contributed by atoms with Crippen LogP contribution in [0.4, 0.5) is 5.82 Å². The summed E-state index contributed by atoms with van der Waals surface area (Å²) in [5.41, 5.74) is 3.44. The van der Waals surface area contributed by atoms with Gasteiger partial charge in [-0.1, -0.05) is 59.8 Å². The quantitative estimate of drug-likeness (QED) is 0.685. The first-order valence-electron chi connectivity index (χ1n) is 8.09. The van der Waals surface area contributed by atoms with Gasteiger partial charge in [0.2, 0.25) is 5.91 Å². The minimum atomic E-state index is -0.321. The number of carbonyl (C=O) groups excluding carboxylic acids is 1. The van der Waals surface area contributed by atoms with E-state index in [2.05, 4.69) is 29.5 Å². The van der Waals surface area contributed by atoms with E-state index in [1.807, 2.05) is 42.5 Å². The maximum Gasteiger partial charge on any atom is 0.243 e. The van der Waals surface area contributed by atoms with E-state index in [0.29, 0.717) is 11.6 Å². The first-order chi connectivity index (χ1) is 12.1. The van der Waals surface area contributed by atoms with Gasteiger partial charge in [-0.05, 0) is 30.5 Å². The number of carbonyl (C=O) groups is 1. The summed E-state index contributed by atoms with van der Waals surface area (Å²) >= 11 is 1.61. The van der Waals surface area contributed by atoms with E-state index in [1.54, 1.807) is 24.8 Å². The van der Waals surface area contributed by atoms with Crippen LogP contribution in [0.1, 0.15) is 27.7 Å². The summed E-state index contributed by atoms with van der Waals surface area (Å²) in [6.07, 6.45) is 0. The third-order valence-corrected chi connectivity index (χ3v) is 5.18. The molecule has 2 aromatic carbocycles. The average Bonchev–Trinajstić information content (AvgIpc) is 3.02. The summed E-state index contributed by atoms with van der Waals surface area (Å²) in [5, 5.41) is 6.37. The molecule has 1 N–H and O–H groups in total. The second-order valence-corrected chi connectivity index (χ2v) is 6.93. The molecule has 1 atom stereocenters. The highest BCUT2D eigenvalue weighted by Crippen LogP contribution is 2.33. The average molecular weight is 352 g/mol. The predicted octanol–water partition coefficient (Wildman–Crippen LogP) is 4.90. The van der Waals surface area contributed by atoms with Gasteiger partial charge in [0.25, 0.3) is 0 Å². The van der Waals surface area contributed by atoms with Gasteiger partial charge in [-0.25, -0.2) is 0 Å². The number of rotatable bonds is 6. The van der Waals surface area contributed by atoms with E-state index in [-0.39, 0.29) is 11.2 Å². The van der Waals surface area contributed by atoms with Crippen molar-refractivity contribution in [2.24, 2.45) is 0 Å². The number of benzene rings is 2. The fraction of sp³-hybridized carbons (Fsp3) is 0.200. The summed E-state index contributed by atoms with van der Waals surface area (Å²) in [5.74, 6) is 1.77. The zero-order valence-electron chi connectivity index (χ0n) is 14.2. The fourth-order valence-electron chi connectivity index (χ4n) is 2.51. The molecule has 0 saturated carbocycles. The van der Waals surface area contributed by atoms with Crippen molar-refractivity contribution in [3.8, 4) is 0 Å². The molecule has 0 aliphatic heterocycles. The Morgan fingerprint density at radius 2 is 1.84 bits per heavy atom. The standard InChI is InChI=1S/C20H20N2O2S/c1-14-8-6-7-11-17(14)13-25-19(16-9-4-3-5-10-16)20(23)21-18-12-15(2)24-22-18/h3-12,19H,13H2,1-2H3,(H,21,22,23). The highest BCUT2D eigenvalue weighted by atomic mass is 32.2. The second-order valence-electron chi connectivity index (χ2n) is 5.84. The highest BCUT2D eigenvalue weighted by Gasteiger charge is 2.22. The van der Waals surface area contributed by atoms with Crippen LogP contribution >= 0.6 is 11.8 Å². The number of hydrogen-bond acceptors (Lipinski definition) is 4. The number of nitrogens with one attached hydrogen (secondary N) is 1. The van der Waals surface area contributed by atoms with Crippen molar-refractivity contribution >= 4 is 23.5 Å². The van der Waals surface area contributed by atoms with E-state index >= 15 is 0 Å². The molecule has 0 spiro atoms. The lowest BCUT2D eigenvalue weighted by atomic mass is 10.1. The molecule has 1 aromatic heterocycles. The Bertz CT molecular complexity index is 846. The van der Waals surface area contributed by atoms with Gasteiger partial charge in [0, 0.05) is 11.8 Å². The van der Waals surface area contributed by atoms with E-state index in [4.69, 9.17) is 4.52 Å². The first kappa shape index (κ1) is 17.3. The smallest absolute Gasteiger partial charge is 0.243 e. The Hall–Kier alpha value is -2.53. The van der Waals surface area contributed by atoms with Crippen LogP contribution in [0.3, 0.4) is 0 Å².